The number of nitrogens with zero attached hydrogens (tertiary/aromatic N) is 2. The van der Waals surface area contributed by atoms with Gasteiger partial charge in [-0.1, -0.05) is 20.4 Å². The van der Waals surface area contributed by atoms with Gasteiger partial charge < -0.3 is 0 Å². The van der Waals surface area contributed by atoms with Crippen molar-refractivity contribution in [3.05, 3.63) is 30.1 Å². The van der Waals surface area contributed by atoms with Crippen LogP contribution >= 0.6 is 0 Å². The average molecular weight is 212 g/mol. The van der Waals surface area contributed by atoms with E-state index in [1.54, 1.807) is 0 Å². The van der Waals surface area contributed by atoms with E-state index in [-0.39, 0.29) is 10.9 Å². The summed E-state index contributed by atoms with van der Waals surface area (Å²) in [6, 6.07) is 1.47. The summed E-state index contributed by atoms with van der Waals surface area (Å²) in [7, 11) is -3.44. The lowest BCUT2D eigenvalue weighted by atomic mass is 10.1. The lowest BCUT2D eigenvalue weighted by molar-refractivity contribution is 0.600. The number of hydrogen-bond acceptors (Lipinski definition) is 4. The van der Waals surface area contributed by atoms with Crippen molar-refractivity contribution in [3.8, 4) is 0 Å². The molecule has 1 aromatic heterocycles. The zero-order chi connectivity index (χ0) is 10.8. The maximum absolute atomic E-state index is 11.4. The van der Waals surface area contributed by atoms with Crippen LogP contribution in [-0.4, -0.2) is 18.4 Å². The smallest absolute Gasteiger partial charge is 0.216 e. The predicted molar refractivity (Wildman–Crippen MR) is 53.5 cm³/mol. The molecule has 1 rings (SSSR count). The Balaban J connectivity index is 3.26. The van der Waals surface area contributed by atoms with E-state index in [2.05, 4.69) is 16.5 Å². The molecule has 4 nitrogen and oxygen atoms in total. The van der Waals surface area contributed by atoms with Crippen LogP contribution in [0, 0.1) is 0 Å². The first-order valence-electron chi connectivity index (χ1n) is 4.17. The van der Waals surface area contributed by atoms with Gasteiger partial charge in [0.2, 0.25) is 9.84 Å². The van der Waals surface area contributed by atoms with Crippen molar-refractivity contribution in [3.63, 3.8) is 0 Å². The Morgan fingerprint density at radius 1 is 1.43 bits per heavy atom. The van der Waals surface area contributed by atoms with Crippen LogP contribution in [0.5, 0.6) is 0 Å². The zero-order valence-electron chi connectivity index (χ0n) is 8.14. The monoisotopic (exact) mass is 212 g/mol. The highest BCUT2D eigenvalue weighted by atomic mass is 32.2. The molecule has 1 heterocycles. The predicted octanol–water partition coefficient (Wildman–Crippen LogP) is 1.52. The summed E-state index contributed by atoms with van der Waals surface area (Å²) in [6.45, 7) is 7.11. The minimum atomic E-state index is -3.44. The molecular formula is C9H12N2O2S. The minimum absolute atomic E-state index is 0.00574. The molecule has 0 amide bonds. The molecule has 76 valence electrons. The molecule has 14 heavy (non-hydrogen) atoms. The van der Waals surface area contributed by atoms with Crippen molar-refractivity contribution < 1.29 is 8.42 Å². The summed E-state index contributed by atoms with van der Waals surface area (Å²) in [5.74, 6) is 0.178. The van der Waals surface area contributed by atoms with E-state index < -0.39 is 9.84 Å². The van der Waals surface area contributed by atoms with Gasteiger partial charge >= 0.3 is 0 Å². The number of aromatic nitrogens is 2. The Labute approximate surface area is 83.6 Å². The maximum atomic E-state index is 11.4. The van der Waals surface area contributed by atoms with E-state index in [0.717, 1.165) is 5.41 Å². The first-order valence-corrected chi connectivity index (χ1v) is 5.71. The molecule has 1 aromatic rings. The normalized spacial score (nSPS) is 11.6. The first-order chi connectivity index (χ1) is 6.47. The molecule has 0 aliphatic heterocycles. The van der Waals surface area contributed by atoms with Crippen LogP contribution in [0.1, 0.15) is 25.5 Å². The van der Waals surface area contributed by atoms with Crippen molar-refractivity contribution >= 4 is 9.84 Å². The molecule has 0 radical (unpaired) electrons. The second-order valence-corrected chi connectivity index (χ2v) is 4.99. The Morgan fingerprint density at radius 2 is 2.07 bits per heavy atom. The van der Waals surface area contributed by atoms with Crippen LogP contribution < -0.4 is 0 Å². The molecule has 0 N–H and O–H groups in total. The molecule has 0 spiro atoms. The van der Waals surface area contributed by atoms with Gasteiger partial charge in [-0.3, -0.25) is 0 Å². The molecule has 0 aromatic carbocycles. The maximum Gasteiger partial charge on any atom is 0.216 e. The van der Waals surface area contributed by atoms with Crippen LogP contribution in [0.3, 0.4) is 0 Å². The van der Waals surface area contributed by atoms with E-state index in [1.165, 1.54) is 12.4 Å². The Bertz CT molecular complexity index is 438. The van der Waals surface area contributed by atoms with Gasteiger partial charge in [-0.2, -0.15) is 0 Å². The van der Waals surface area contributed by atoms with Gasteiger partial charge in [0.05, 0.1) is 0 Å². The van der Waals surface area contributed by atoms with Crippen LogP contribution in [0.15, 0.2) is 29.4 Å². The molecule has 0 saturated carbocycles. The molecule has 0 unspecified atom stereocenters. The topological polar surface area (TPSA) is 59.9 Å². The summed E-state index contributed by atoms with van der Waals surface area (Å²) in [6.07, 6.45) is 1.26. The van der Waals surface area contributed by atoms with Gasteiger partial charge in [0.1, 0.15) is 6.33 Å². The molecule has 0 fully saturated rings. The van der Waals surface area contributed by atoms with Gasteiger partial charge in [-0.25, -0.2) is 18.4 Å². The van der Waals surface area contributed by atoms with Crippen LogP contribution in [0.4, 0.5) is 0 Å². The van der Waals surface area contributed by atoms with E-state index in [0.29, 0.717) is 5.69 Å². The second-order valence-electron chi connectivity index (χ2n) is 3.15. The summed E-state index contributed by atoms with van der Waals surface area (Å²) in [4.78, 5) is 7.67. The fourth-order valence-corrected chi connectivity index (χ4v) is 1.56. The third kappa shape index (κ3) is 2.17. The van der Waals surface area contributed by atoms with E-state index in [4.69, 9.17) is 0 Å². The SMILES string of the molecule is C=CS(=O)(=O)c1cc(C(C)C)ncn1. The minimum Gasteiger partial charge on any atom is -0.241 e. The lowest BCUT2D eigenvalue weighted by Gasteiger charge is -2.04. The van der Waals surface area contributed by atoms with Crippen molar-refractivity contribution in [2.45, 2.75) is 24.8 Å². The van der Waals surface area contributed by atoms with Crippen molar-refractivity contribution in [2.75, 3.05) is 0 Å². The third-order valence-electron chi connectivity index (χ3n) is 1.77. The highest BCUT2D eigenvalue weighted by molar-refractivity contribution is 7.94. The molecule has 0 aliphatic carbocycles. The van der Waals surface area contributed by atoms with Gasteiger partial charge in [-0.05, 0) is 12.0 Å². The molecule has 5 heteroatoms. The van der Waals surface area contributed by atoms with E-state index in [1.807, 2.05) is 13.8 Å². The van der Waals surface area contributed by atoms with E-state index >= 15 is 0 Å². The van der Waals surface area contributed by atoms with Crippen molar-refractivity contribution in [1.29, 1.82) is 0 Å². The zero-order valence-corrected chi connectivity index (χ0v) is 8.95. The summed E-state index contributed by atoms with van der Waals surface area (Å²) in [5, 5.41) is 0.894. The second kappa shape index (κ2) is 3.88. The molecule has 0 aliphatic rings. The van der Waals surface area contributed by atoms with Gasteiger partial charge in [0.15, 0.2) is 5.03 Å². The summed E-state index contributed by atoms with van der Waals surface area (Å²) < 4.78 is 22.7. The van der Waals surface area contributed by atoms with Crippen molar-refractivity contribution in [2.24, 2.45) is 0 Å². The highest BCUT2D eigenvalue weighted by Gasteiger charge is 2.13. The fourth-order valence-electron chi connectivity index (χ4n) is 0.910. The quantitative estimate of drug-likeness (QED) is 0.713. The Kier molecular flexibility index (Phi) is 3.00. The molecular weight excluding hydrogens is 200 g/mol. The number of rotatable bonds is 3. The van der Waals surface area contributed by atoms with E-state index in [9.17, 15) is 8.42 Å². The first kappa shape index (κ1) is 10.8. The Morgan fingerprint density at radius 3 is 2.57 bits per heavy atom. The highest BCUT2D eigenvalue weighted by Crippen LogP contribution is 2.14. The van der Waals surface area contributed by atoms with Gasteiger partial charge in [-0.15, -0.1) is 0 Å². The average Bonchev–Trinajstić information content (AvgIpc) is 2.18. The van der Waals surface area contributed by atoms with Gasteiger partial charge in [0, 0.05) is 11.1 Å². The summed E-state index contributed by atoms with van der Waals surface area (Å²) >= 11 is 0. The molecule has 0 atom stereocenters. The molecule has 0 bridgehead atoms. The molecule has 0 saturated heterocycles. The fraction of sp³-hybridized carbons (Fsp3) is 0.333. The third-order valence-corrected chi connectivity index (χ3v) is 3.01. The number of hydrogen-bond donors (Lipinski definition) is 0. The largest absolute Gasteiger partial charge is 0.241 e. The standard InChI is InChI=1S/C9H12N2O2S/c1-4-14(12,13)9-5-8(7(2)3)10-6-11-9/h4-7H,1H2,2-3H3. The van der Waals surface area contributed by atoms with Crippen LogP contribution in [0.2, 0.25) is 0 Å². The van der Waals surface area contributed by atoms with Gasteiger partial charge in [0.25, 0.3) is 0 Å². The van der Waals surface area contributed by atoms with Crippen molar-refractivity contribution in [1.82, 2.24) is 9.97 Å². The van der Waals surface area contributed by atoms with Crippen LogP contribution in [0.25, 0.3) is 0 Å². The lowest BCUT2D eigenvalue weighted by Crippen LogP contribution is -2.02. The Hall–Kier alpha value is -1.23. The number of sulfone groups is 1. The summed E-state index contributed by atoms with van der Waals surface area (Å²) in [5.41, 5.74) is 0.709. The van der Waals surface area contributed by atoms with Crippen LogP contribution in [-0.2, 0) is 9.84 Å².